The molecule has 1 aliphatic heterocycles. The molecule has 0 saturated carbocycles. The van der Waals surface area contributed by atoms with Crippen molar-refractivity contribution in [1.82, 2.24) is 15.0 Å². The van der Waals surface area contributed by atoms with Crippen molar-refractivity contribution in [2.24, 2.45) is 0 Å². The Morgan fingerprint density at radius 3 is 2.41 bits per heavy atom. The van der Waals surface area contributed by atoms with Gasteiger partial charge in [0.2, 0.25) is 0 Å². The highest BCUT2D eigenvalue weighted by Gasteiger charge is 2.36. The highest BCUT2D eigenvalue weighted by atomic mass is 79.9. The molecule has 11 heteroatoms. The van der Waals surface area contributed by atoms with Crippen LogP contribution in [-0.2, 0) is 6.18 Å². The van der Waals surface area contributed by atoms with Gasteiger partial charge in [-0.25, -0.2) is 19.3 Å². The standard InChI is InChI=1S/C21H16BrF4N5O/c22-12-8-17(19(29-11-12)31-6-1-2-7-31)30-20(32)14-9-13(18-27-4-3-5-28-18)15(10-16(14)23)21(24,25)26/h3-5,8-11H,1-2,6-7H2,(H,30,32). The minimum atomic E-state index is -4.86. The Morgan fingerprint density at radius 2 is 1.75 bits per heavy atom. The Bertz CT molecular complexity index is 1150. The van der Waals surface area contributed by atoms with E-state index in [9.17, 15) is 22.4 Å². The van der Waals surface area contributed by atoms with Gasteiger partial charge in [0, 0.05) is 41.7 Å². The van der Waals surface area contributed by atoms with E-state index in [-0.39, 0.29) is 5.82 Å². The fourth-order valence-corrected chi connectivity index (χ4v) is 3.83. The lowest BCUT2D eigenvalue weighted by Crippen LogP contribution is -2.23. The molecule has 6 nitrogen and oxygen atoms in total. The molecule has 0 aliphatic carbocycles. The minimum Gasteiger partial charge on any atom is -0.355 e. The van der Waals surface area contributed by atoms with Crippen LogP contribution in [0.3, 0.4) is 0 Å². The molecule has 3 heterocycles. The number of nitrogens with zero attached hydrogens (tertiary/aromatic N) is 4. The van der Waals surface area contributed by atoms with Gasteiger partial charge < -0.3 is 10.2 Å². The fraction of sp³-hybridized carbons (Fsp3) is 0.238. The summed E-state index contributed by atoms with van der Waals surface area (Å²) in [5.41, 5.74) is -1.99. The zero-order valence-electron chi connectivity index (χ0n) is 16.5. The smallest absolute Gasteiger partial charge is 0.355 e. The van der Waals surface area contributed by atoms with Crippen molar-refractivity contribution in [3.8, 4) is 11.4 Å². The molecular weight excluding hydrogens is 494 g/mol. The number of carbonyl (C=O) groups is 1. The first-order valence-corrected chi connectivity index (χ1v) is 10.4. The molecule has 1 amide bonds. The maximum atomic E-state index is 14.7. The number of benzene rings is 1. The van der Waals surface area contributed by atoms with Gasteiger partial charge in [-0.1, -0.05) is 0 Å². The Labute approximate surface area is 188 Å². The minimum absolute atomic E-state index is 0.268. The second kappa shape index (κ2) is 8.81. The van der Waals surface area contributed by atoms with Crippen molar-refractivity contribution < 1.29 is 22.4 Å². The SMILES string of the molecule is O=C(Nc1cc(Br)cnc1N1CCCC1)c1cc(-c2ncccn2)c(C(F)(F)F)cc1F. The van der Waals surface area contributed by atoms with E-state index in [2.05, 4.69) is 36.2 Å². The van der Waals surface area contributed by atoms with E-state index < -0.39 is 34.6 Å². The van der Waals surface area contributed by atoms with E-state index in [4.69, 9.17) is 0 Å². The van der Waals surface area contributed by atoms with E-state index in [0.29, 0.717) is 22.0 Å². The summed E-state index contributed by atoms with van der Waals surface area (Å²) >= 11 is 3.29. The molecule has 0 atom stereocenters. The van der Waals surface area contributed by atoms with Gasteiger partial charge in [-0.2, -0.15) is 13.2 Å². The second-order valence-corrected chi connectivity index (χ2v) is 8.04. The van der Waals surface area contributed by atoms with Crippen LogP contribution in [-0.4, -0.2) is 33.9 Å². The van der Waals surface area contributed by atoms with E-state index in [1.807, 2.05) is 4.90 Å². The summed E-state index contributed by atoms with van der Waals surface area (Å²) in [7, 11) is 0. The Balaban J connectivity index is 1.75. The molecule has 32 heavy (non-hydrogen) atoms. The molecule has 2 aromatic heterocycles. The topological polar surface area (TPSA) is 71.0 Å². The monoisotopic (exact) mass is 509 g/mol. The van der Waals surface area contributed by atoms with Gasteiger partial charge in [-0.15, -0.1) is 0 Å². The molecular formula is C21H16BrF4N5O. The molecule has 1 N–H and O–H groups in total. The molecule has 166 valence electrons. The zero-order valence-corrected chi connectivity index (χ0v) is 18.0. The first kappa shape index (κ1) is 22.1. The average Bonchev–Trinajstić information content (AvgIpc) is 3.28. The van der Waals surface area contributed by atoms with Crippen LogP contribution in [0.4, 0.5) is 29.1 Å². The maximum absolute atomic E-state index is 14.7. The average molecular weight is 510 g/mol. The summed E-state index contributed by atoms with van der Waals surface area (Å²) in [5, 5.41) is 2.59. The highest BCUT2D eigenvalue weighted by Crippen LogP contribution is 2.38. The maximum Gasteiger partial charge on any atom is 0.417 e. The van der Waals surface area contributed by atoms with Crippen molar-refractivity contribution in [3.63, 3.8) is 0 Å². The molecule has 1 saturated heterocycles. The summed E-state index contributed by atoms with van der Waals surface area (Å²) < 4.78 is 55.8. The number of alkyl halides is 3. The van der Waals surface area contributed by atoms with Crippen LogP contribution in [0.25, 0.3) is 11.4 Å². The summed E-state index contributed by atoms with van der Waals surface area (Å²) in [6.45, 7) is 1.50. The Kier molecular flexibility index (Phi) is 6.09. The highest BCUT2D eigenvalue weighted by molar-refractivity contribution is 9.10. The van der Waals surface area contributed by atoms with Crippen molar-refractivity contribution in [1.29, 1.82) is 0 Å². The molecule has 0 radical (unpaired) electrons. The quantitative estimate of drug-likeness (QED) is 0.482. The number of amides is 1. The van der Waals surface area contributed by atoms with E-state index in [1.165, 1.54) is 18.5 Å². The van der Waals surface area contributed by atoms with E-state index in [1.54, 1.807) is 12.3 Å². The summed E-state index contributed by atoms with van der Waals surface area (Å²) in [5.74, 6) is -1.97. The molecule has 0 bridgehead atoms. The van der Waals surface area contributed by atoms with Crippen molar-refractivity contribution >= 4 is 33.3 Å². The van der Waals surface area contributed by atoms with Crippen LogP contribution in [0.1, 0.15) is 28.8 Å². The Hall–Kier alpha value is -3.08. The summed E-state index contributed by atoms with van der Waals surface area (Å²) in [4.78, 5) is 26.9. The predicted molar refractivity (Wildman–Crippen MR) is 114 cm³/mol. The van der Waals surface area contributed by atoms with Crippen LogP contribution in [0.15, 0.2) is 47.3 Å². The van der Waals surface area contributed by atoms with Crippen LogP contribution >= 0.6 is 15.9 Å². The number of aromatic nitrogens is 3. The molecule has 3 aromatic rings. The van der Waals surface area contributed by atoms with Gasteiger partial charge >= 0.3 is 6.18 Å². The van der Waals surface area contributed by atoms with Crippen LogP contribution < -0.4 is 10.2 Å². The number of carbonyl (C=O) groups excluding carboxylic acids is 1. The molecule has 1 aliphatic rings. The molecule has 4 rings (SSSR count). The number of anilines is 2. The number of nitrogens with one attached hydrogen (secondary N) is 1. The molecule has 1 fully saturated rings. The first-order valence-electron chi connectivity index (χ1n) is 9.64. The van der Waals surface area contributed by atoms with Gasteiger partial charge in [0.15, 0.2) is 11.6 Å². The third-order valence-electron chi connectivity index (χ3n) is 4.95. The number of rotatable bonds is 4. The molecule has 0 spiro atoms. The first-order chi connectivity index (χ1) is 15.2. The van der Waals surface area contributed by atoms with Gasteiger partial charge in [-0.05, 0) is 53.0 Å². The fourth-order valence-electron chi connectivity index (χ4n) is 3.50. The van der Waals surface area contributed by atoms with Gasteiger partial charge in [-0.3, -0.25) is 4.79 Å². The number of pyridine rings is 1. The second-order valence-electron chi connectivity index (χ2n) is 7.12. The van der Waals surface area contributed by atoms with Gasteiger partial charge in [0.1, 0.15) is 5.82 Å². The number of hydrogen-bond donors (Lipinski definition) is 1. The number of hydrogen-bond acceptors (Lipinski definition) is 5. The number of halogens is 5. The van der Waals surface area contributed by atoms with Crippen molar-refractivity contribution in [2.45, 2.75) is 19.0 Å². The molecule has 1 aromatic carbocycles. The molecule has 0 unspecified atom stereocenters. The van der Waals surface area contributed by atoms with Crippen LogP contribution in [0.5, 0.6) is 0 Å². The summed E-state index contributed by atoms with van der Waals surface area (Å²) in [6.07, 6.45) is 1.19. The summed E-state index contributed by atoms with van der Waals surface area (Å²) in [6, 6.07) is 4.17. The van der Waals surface area contributed by atoms with Gasteiger partial charge in [0.25, 0.3) is 5.91 Å². The van der Waals surface area contributed by atoms with Crippen LogP contribution in [0, 0.1) is 5.82 Å². The van der Waals surface area contributed by atoms with E-state index in [0.717, 1.165) is 32.0 Å². The third kappa shape index (κ3) is 4.57. The zero-order chi connectivity index (χ0) is 22.9. The lowest BCUT2D eigenvalue weighted by atomic mass is 10.0. The van der Waals surface area contributed by atoms with Crippen molar-refractivity contribution in [3.05, 3.63) is 64.3 Å². The lowest BCUT2D eigenvalue weighted by molar-refractivity contribution is -0.137. The third-order valence-corrected chi connectivity index (χ3v) is 5.38. The van der Waals surface area contributed by atoms with Gasteiger partial charge in [0.05, 0.1) is 16.8 Å². The largest absolute Gasteiger partial charge is 0.417 e. The lowest BCUT2D eigenvalue weighted by Gasteiger charge is -2.21. The Morgan fingerprint density at radius 1 is 1.06 bits per heavy atom. The normalized spacial score (nSPS) is 14.0. The van der Waals surface area contributed by atoms with Crippen LogP contribution in [0.2, 0.25) is 0 Å². The van der Waals surface area contributed by atoms with Crippen molar-refractivity contribution in [2.75, 3.05) is 23.3 Å². The predicted octanol–water partition coefficient (Wildman–Crippen LogP) is 5.31. The van der Waals surface area contributed by atoms with E-state index >= 15 is 0 Å².